The minimum absolute atomic E-state index is 0.0550. The Kier molecular flexibility index (Phi) is 7.61. The number of nitrogens with zero attached hydrogens (tertiary/aromatic N) is 1. The molecule has 1 aliphatic rings. The van der Waals surface area contributed by atoms with Gasteiger partial charge in [-0.3, -0.25) is 9.69 Å². The van der Waals surface area contributed by atoms with Crippen LogP contribution in [-0.4, -0.2) is 57.9 Å². The molecule has 0 radical (unpaired) electrons. The highest BCUT2D eigenvalue weighted by Crippen LogP contribution is 2.32. The minimum atomic E-state index is -0.267. The number of carbonyl (C=O) groups excluding carboxylic acids is 1. The maximum atomic E-state index is 12.7. The van der Waals surface area contributed by atoms with Gasteiger partial charge >= 0.3 is 0 Å². The van der Waals surface area contributed by atoms with Crippen LogP contribution in [0.3, 0.4) is 0 Å². The Labute approximate surface area is 180 Å². The van der Waals surface area contributed by atoms with Gasteiger partial charge in [0.05, 0.1) is 49.1 Å². The lowest BCUT2D eigenvalue weighted by atomic mass is 10.0. The van der Waals surface area contributed by atoms with Crippen molar-refractivity contribution in [3.05, 3.63) is 57.6 Å². The molecule has 2 aromatic rings. The van der Waals surface area contributed by atoms with Gasteiger partial charge in [-0.25, -0.2) is 0 Å². The molecule has 1 fully saturated rings. The molecule has 3 rings (SSSR count). The average molecular weight is 439 g/mol. The third-order valence-corrected chi connectivity index (χ3v) is 5.75. The molecule has 1 heterocycles. The molecule has 0 aromatic heterocycles. The summed E-state index contributed by atoms with van der Waals surface area (Å²) in [7, 11) is 3.21. The van der Waals surface area contributed by atoms with Crippen LogP contribution in [0, 0.1) is 0 Å². The lowest BCUT2D eigenvalue weighted by Gasteiger charge is -2.35. The van der Waals surface area contributed by atoms with Crippen LogP contribution >= 0.6 is 23.2 Å². The summed E-state index contributed by atoms with van der Waals surface area (Å²) < 4.78 is 16.3. The van der Waals surface area contributed by atoms with E-state index in [9.17, 15) is 4.79 Å². The Hall–Kier alpha value is -1.99. The summed E-state index contributed by atoms with van der Waals surface area (Å²) in [6, 6.07) is 10.8. The van der Waals surface area contributed by atoms with Crippen LogP contribution in [-0.2, 0) is 4.74 Å². The van der Waals surface area contributed by atoms with Crippen LogP contribution in [0.5, 0.6) is 11.5 Å². The summed E-state index contributed by atoms with van der Waals surface area (Å²) in [6.07, 6.45) is 0. The maximum absolute atomic E-state index is 12.7. The fraction of sp³-hybridized carbons (Fsp3) is 0.381. The monoisotopic (exact) mass is 438 g/mol. The van der Waals surface area contributed by atoms with Gasteiger partial charge in [-0.15, -0.1) is 0 Å². The van der Waals surface area contributed by atoms with Crippen LogP contribution in [0.25, 0.3) is 0 Å². The third-order valence-electron chi connectivity index (χ3n) is 4.93. The largest absolute Gasteiger partial charge is 0.493 e. The first-order valence-electron chi connectivity index (χ1n) is 9.31. The van der Waals surface area contributed by atoms with Gasteiger partial charge in [0.25, 0.3) is 5.91 Å². The molecule has 8 heteroatoms. The number of benzene rings is 2. The van der Waals surface area contributed by atoms with Gasteiger partial charge in [0.15, 0.2) is 11.5 Å². The Morgan fingerprint density at radius 1 is 1.14 bits per heavy atom. The SMILES string of the molecule is COc1ccc([C@H](CNC(=O)c2cccc(Cl)c2Cl)N2CCOCC2)cc1OC. The van der Waals surface area contributed by atoms with Gasteiger partial charge in [-0.05, 0) is 29.8 Å². The van der Waals surface area contributed by atoms with E-state index >= 15 is 0 Å². The van der Waals surface area contributed by atoms with Crippen molar-refractivity contribution in [1.82, 2.24) is 10.2 Å². The van der Waals surface area contributed by atoms with Crippen molar-refractivity contribution in [3.8, 4) is 11.5 Å². The van der Waals surface area contributed by atoms with Gasteiger partial charge in [-0.1, -0.05) is 35.3 Å². The number of carbonyl (C=O) groups is 1. The molecule has 6 nitrogen and oxygen atoms in total. The Morgan fingerprint density at radius 2 is 1.86 bits per heavy atom. The van der Waals surface area contributed by atoms with E-state index < -0.39 is 0 Å². The highest BCUT2D eigenvalue weighted by atomic mass is 35.5. The number of methoxy groups -OCH3 is 2. The number of amides is 1. The molecule has 0 bridgehead atoms. The van der Waals surface area contributed by atoms with Crippen LogP contribution in [0.1, 0.15) is 22.0 Å². The molecule has 0 aliphatic carbocycles. The van der Waals surface area contributed by atoms with Gasteiger partial charge in [-0.2, -0.15) is 0 Å². The molecular formula is C21H24Cl2N2O4. The highest BCUT2D eigenvalue weighted by Gasteiger charge is 2.25. The van der Waals surface area contributed by atoms with Crippen LogP contribution in [0.2, 0.25) is 10.0 Å². The smallest absolute Gasteiger partial charge is 0.252 e. The molecule has 1 atom stereocenters. The van der Waals surface area contributed by atoms with Gasteiger partial charge in [0.1, 0.15) is 0 Å². The number of nitrogens with one attached hydrogen (secondary N) is 1. The zero-order valence-electron chi connectivity index (χ0n) is 16.4. The lowest BCUT2D eigenvalue weighted by molar-refractivity contribution is 0.0162. The van der Waals surface area contributed by atoms with Crippen molar-refractivity contribution < 1.29 is 19.0 Å². The summed E-state index contributed by atoms with van der Waals surface area (Å²) in [5.41, 5.74) is 1.37. The number of halogens is 2. The first-order chi connectivity index (χ1) is 14.0. The number of hydrogen-bond donors (Lipinski definition) is 1. The minimum Gasteiger partial charge on any atom is -0.493 e. The fourth-order valence-electron chi connectivity index (χ4n) is 3.37. The topological polar surface area (TPSA) is 60.0 Å². The van der Waals surface area contributed by atoms with E-state index in [1.165, 1.54) is 0 Å². The van der Waals surface area contributed by atoms with E-state index in [-0.39, 0.29) is 17.0 Å². The van der Waals surface area contributed by atoms with Crippen molar-refractivity contribution in [2.75, 3.05) is 47.1 Å². The predicted octanol–water partition coefficient (Wildman–Crippen LogP) is 3.81. The second kappa shape index (κ2) is 10.2. The van der Waals surface area contributed by atoms with Gasteiger partial charge < -0.3 is 19.5 Å². The van der Waals surface area contributed by atoms with Crippen LogP contribution in [0.4, 0.5) is 0 Å². The Morgan fingerprint density at radius 3 is 2.55 bits per heavy atom. The second-order valence-corrected chi connectivity index (χ2v) is 7.38. The van der Waals surface area contributed by atoms with Crippen LogP contribution < -0.4 is 14.8 Å². The summed E-state index contributed by atoms with van der Waals surface area (Å²) in [5.74, 6) is 1.04. The van der Waals surface area contributed by atoms with Crippen molar-refractivity contribution >= 4 is 29.1 Å². The number of rotatable bonds is 7. The Bertz CT molecular complexity index is 857. The first-order valence-corrected chi connectivity index (χ1v) is 10.1. The highest BCUT2D eigenvalue weighted by molar-refractivity contribution is 6.43. The molecule has 156 valence electrons. The third kappa shape index (κ3) is 5.14. The van der Waals surface area contributed by atoms with Gasteiger partial charge in [0.2, 0.25) is 0 Å². The standard InChI is InChI=1S/C21H24Cl2N2O4/c1-27-18-7-6-14(12-19(18)28-2)17(25-8-10-29-11-9-25)13-24-21(26)15-4-3-5-16(22)20(15)23/h3-7,12,17H,8-11,13H2,1-2H3,(H,24,26)/t17-/m0/s1. The van der Waals surface area contributed by atoms with Crippen LogP contribution in [0.15, 0.2) is 36.4 Å². The number of morpholine rings is 1. The van der Waals surface area contributed by atoms with Crippen molar-refractivity contribution in [1.29, 1.82) is 0 Å². The lowest BCUT2D eigenvalue weighted by Crippen LogP contribution is -2.43. The number of ether oxygens (including phenoxy) is 3. The van der Waals surface area contributed by atoms with E-state index in [1.807, 2.05) is 18.2 Å². The molecule has 0 spiro atoms. The van der Waals surface area contributed by atoms with Crippen molar-refractivity contribution in [3.63, 3.8) is 0 Å². The van der Waals surface area contributed by atoms with Crippen molar-refractivity contribution in [2.45, 2.75) is 6.04 Å². The zero-order chi connectivity index (χ0) is 20.8. The van der Waals surface area contributed by atoms with E-state index in [0.717, 1.165) is 18.7 Å². The summed E-state index contributed by atoms with van der Waals surface area (Å²) in [5, 5.41) is 3.59. The normalized spacial score (nSPS) is 15.6. The fourth-order valence-corrected chi connectivity index (χ4v) is 3.76. The maximum Gasteiger partial charge on any atom is 0.252 e. The predicted molar refractivity (Wildman–Crippen MR) is 113 cm³/mol. The molecule has 0 saturated carbocycles. The molecule has 0 unspecified atom stereocenters. The molecule has 2 aromatic carbocycles. The summed E-state index contributed by atoms with van der Waals surface area (Å²) >= 11 is 12.2. The van der Waals surface area contributed by atoms with E-state index in [4.69, 9.17) is 37.4 Å². The second-order valence-electron chi connectivity index (χ2n) is 6.59. The first kappa shape index (κ1) is 21.7. The zero-order valence-corrected chi connectivity index (χ0v) is 17.9. The molecular weight excluding hydrogens is 415 g/mol. The van der Waals surface area contributed by atoms with E-state index in [2.05, 4.69) is 10.2 Å². The summed E-state index contributed by atoms with van der Waals surface area (Å²) in [6.45, 7) is 3.24. The molecule has 1 N–H and O–H groups in total. The molecule has 1 amide bonds. The average Bonchev–Trinajstić information content (AvgIpc) is 2.76. The van der Waals surface area contributed by atoms with E-state index in [1.54, 1.807) is 32.4 Å². The Balaban J connectivity index is 1.82. The summed E-state index contributed by atoms with van der Waals surface area (Å²) in [4.78, 5) is 15.0. The number of hydrogen-bond acceptors (Lipinski definition) is 5. The molecule has 1 aliphatic heterocycles. The molecule has 29 heavy (non-hydrogen) atoms. The van der Waals surface area contributed by atoms with E-state index in [0.29, 0.717) is 41.8 Å². The quantitative estimate of drug-likeness (QED) is 0.711. The molecule has 1 saturated heterocycles. The van der Waals surface area contributed by atoms with Gasteiger partial charge in [0, 0.05) is 19.6 Å². The van der Waals surface area contributed by atoms with Crippen molar-refractivity contribution in [2.24, 2.45) is 0 Å².